The Kier molecular flexibility index (Phi) is 2.79. The summed E-state index contributed by atoms with van der Waals surface area (Å²) in [4.78, 5) is 0. The molecule has 0 saturated heterocycles. The van der Waals surface area contributed by atoms with Crippen molar-refractivity contribution in [1.29, 1.82) is 0 Å². The number of hydrogen-bond donors (Lipinski definition) is 3. The summed E-state index contributed by atoms with van der Waals surface area (Å²) in [7, 11) is 0. The van der Waals surface area contributed by atoms with Gasteiger partial charge in [0.15, 0.2) is 0 Å². The number of aryl methyl sites for hydroxylation is 1. The number of hydrogen-bond acceptors (Lipinski definition) is 6. The van der Waals surface area contributed by atoms with Gasteiger partial charge in [0.25, 0.3) is 0 Å². The van der Waals surface area contributed by atoms with Crippen LogP contribution in [0.25, 0.3) is 0 Å². The zero-order valence-electron chi connectivity index (χ0n) is 8.19. The van der Waals surface area contributed by atoms with Gasteiger partial charge in [-0.15, -0.1) is 10.2 Å². The molecule has 1 aromatic carbocycles. The molecule has 0 aliphatic carbocycles. The Bertz CT molecular complexity index is 436. The Labute approximate surface area is 91.3 Å². The molecule has 0 unspecified atom stereocenters. The zero-order chi connectivity index (χ0) is 10.7. The van der Waals surface area contributed by atoms with Gasteiger partial charge in [0.2, 0.25) is 10.3 Å². The molecule has 4 N–H and O–H groups in total. The van der Waals surface area contributed by atoms with Crippen LogP contribution in [0.5, 0.6) is 0 Å². The third-order valence-electron chi connectivity index (χ3n) is 1.85. The van der Waals surface area contributed by atoms with Crippen molar-refractivity contribution in [2.45, 2.75) is 6.92 Å². The Hall–Kier alpha value is -1.66. The summed E-state index contributed by atoms with van der Waals surface area (Å²) in [6.07, 6.45) is 0. The number of anilines is 3. The smallest absolute Gasteiger partial charge is 0.221 e. The van der Waals surface area contributed by atoms with Crippen molar-refractivity contribution >= 4 is 27.3 Å². The lowest BCUT2D eigenvalue weighted by Gasteiger charge is -2.01. The van der Waals surface area contributed by atoms with Gasteiger partial charge in [-0.05, 0) is 19.1 Å². The minimum absolute atomic E-state index is 0.588. The monoisotopic (exact) mass is 221 g/mol. The van der Waals surface area contributed by atoms with Crippen LogP contribution < -0.4 is 16.6 Å². The Morgan fingerprint density at radius 1 is 1.13 bits per heavy atom. The van der Waals surface area contributed by atoms with E-state index in [0.29, 0.717) is 10.3 Å². The molecule has 0 amide bonds. The maximum Gasteiger partial charge on any atom is 0.221 e. The first-order valence-electron chi connectivity index (χ1n) is 4.42. The van der Waals surface area contributed by atoms with Crippen molar-refractivity contribution in [3.63, 3.8) is 0 Å². The molecule has 0 aliphatic heterocycles. The summed E-state index contributed by atoms with van der Waals surface area (Å²) >= 11 is 1.36. The van der Waals surface area contributed by atoms with E-state index in [9.17, 15) is 0 Å². The van der Waals surface area contributed by atoms with Crippen LogP contribution in [-0.2, 0) is 0 Å². The number of aromatic nitrogens is 2. The molecule has 2 rings (SSSR count). The van der Waals surface area contributed by atoms with E-state index in [0.717, 1.165) is 5.69 Å². The van der Waals surface area contributed by atoms with Gasteiger partial charge < -0.3 is 5.32 Å². The molecule has 0 saturated carbocycles. The predicted octanol–water partition coefficient (Wildman–Crippen LogP) is 1.88. The summed E-state index contributed by atoms with van der Waals surface area (Å²) in [5, 5.41) is 12.2. The van der Waals surface area contributed by atoms with Gasteiger partial charge in [-0.25, -0.2) is 5.84 Å². The molecule has 0 radical (unpaired) electrons. The molecule has 0 atom stereocenters. The number of benzene rings is 1. The second kappa shape index (κ2) is 4.24. The molecule has 0 aliphatic rings. The first kappa shape index (κ1) is 9.88. The Balaban J connectivity index is 2.11. The average Bonchev–Trinajstić information content (AvgIpc) is 2.69. The van der Waals surface area contributed by atoms with Gasteiger partial charge in [0.05, 0.1) is 0 Å². The first-order valence-corrected chi connectivity index (χ1v) is 5.23. The molecule has 0 fully saturated rings. The quantitative estimate of drug-likeness (QED) is 0.545. The highest BCUT2D eigenvalue weighted by Crippen LogP contribution is 2.22. The third kappa shape index (κ3) is 2.42. The summed E-state index contributed by atoms with van der Waals surface area (Å²) in [5.74, 6) is 5.21. The lowest BCUT2D eigenvalue weighted by molar-refractivity contribution is 1.08. The van der Waals surface area contributed by atoms with Crippen molar-refractivity contribution in [2.24, 2.45) is 5.84 Å². The fourth-order valence-corrected chi connectivity index (χ4v) is 1.67. The van der Waals surface area contributed by atoms with Gasteiger partial charge in [-0.3, -0.25) is 5.43 Å². The topological polar surface area (TPSA) is 75.9 Å². The average molecular weight is 221 g/mol. The van der Waals surface area contributed by atoms with E-state index in [-0.39, 0.29) is 0 Å². The first-order chi connectivity index (χ1) is 7.28. The molecule has 15 heavy (non-hydrogen) atoms. The van der Waals surface area contributed by atoms with Gasteiger partial charge >= 0.3 is 0 Å². The molecular weight excluding hydrogens is 210 g/mol. The van der Waals surface area contributed by atoms with Gasteiger partial charge in [-0.1, -0.05) is 29.0 Å². The number of nitrogen functional groups attached to an aromatic ring is 1. The normalized spacial score (nSPS) is 10.0. The number of rotatable bonds is 3. The molecule has 6 heteroatoms. The molecular formula is C9H11N5S. The minimum atomic E-state index is 0.588. The van der Waals surface area contributed by atoms with E-state index in [4.69, 9.17) is 5.84 Å². The van der Waals surface area contributed by atoms with Crippen LogP contribution >= 0.6 is 11.3 Å². The van der Waals surface area contributed by atoms with Crippen LogP contribution in [-0.4, -0.2) is 10.2 Å². The molecule has 0 bridgehead atoms. The van der Waals surface area contributed by atoms with Gasteiger partial charge in [0, 0.05) is 5.69 Å². The summed E-state index contributed by atoms with van der Waals surface area (Å²) in [6, 6.07) is 8.05. The second-order valence-corrected chi connectivity index (χ2v) is 4.03. The molecule has 78 valence electrons. The summed E-state index contributed by atoms with van der Waals surface area (Å²) < 4.78 is 0. The van der Waals surface area contributed by atoms with Crippen molar-refractivity contribution in [3.8, 4) is 0 Å². The highest BCUT2D eigenvalue weighted by atomic mass is 32.1. The second-order valence-electron chi connectivity index (χ2n) is 3.05. The molecule has 1 heterocycles. The van der Waals surface area contributed by atoms with E-state index in [1.807, 2.05) is 31.2 Å². The van der Waals surface area contributed by atoms with E-state index in [2.05, 4.69) is 20.9 Å². The zero-order valence-corrected chi connectivity index (χ0v) is 9.01. The SMILES string of the molecule is Cc1ccc(Nc2nnc(NN)s2)cc1. The largest absolute Gasteiger partial charge is 0.330 e. The number of nitrogens with one attached hydrogen (secondary N) is 2. The van der Waals surface area contributed by atoms with E-state index < -0.39 is 0 Å². The maximum atomic E-state index is 5.21. The lowest BCUT2D eigenvalue weighted by atomic mass is 10.2. The molecule has 2 aromatic rings. The highest BCUT2D eigenvalue weighted by Gasteiger charge is 2.01. The highest BCUT2D eigenvalue weighted by molar-refractivity contribution is 7.19. The van der Waals surface area contributed by atoms with Crippen LogP contribution in [0, 0.1) is 6.92 Å². The van der Waals surface area contributed by atoms with Crippen molar-refractivity contribution < 1.29 is 0 Å². The van der Waals surface area contributed by atoms with E-state index >= 15 is 0 Å². The van der Waals surface area contributed by atoms with Crippen LogP contribution in [0.15, 0.2) is 24.3 Å². The van der Waals surface area contributed by atoms with Gasteiger partial charge in [0.1, 0.15) is 0 Å². The van der Waals surface area contributed by atoms with Crippen LogP contribution in [0.1, 0.15) is 5.56 Å². The summed E-state index contributed by atoms with van der Waals surface area (Å²) in [5.41, 5.74) is 4.66. The number of nitrogens with two attached hydrogens (primary N) is 1. The van der Waals surface area contributed by atoms with Crippen LogP contribution in [0.2, 0.25) is 0 Å². The number of nitrogens with zero attached hydrogens (tertiary/aromatic N) is 2. The third-order valence-corrected chi connectivity index (χ3v) is 2.62. The summed E-state index contributed by atoms with van der Waals surface area (Å²) in [6.45, 7) is 2.05. The lowest BCUT2D eigenvalue weighted by Crippen LogP contribution is -2.05. The van der Waals surface area contributed by atoms with Crippen LogP contribution in [0.4, 0.5) is 16.0 Å². The fraction of sp³-hybridized carbons (Fsp3) is 0.111. The number of hydrazine groups is 1. The van der Waals surface area contributed by atoms with Gasteiger partial charge in [-0.2, -0.15) is 0 Å². The Morgan fingerprint density at radius 2 is 1.80 bits per heavy atom. The van der Waals surface area contributed by atoms with E-state index in [1.54, 1.807) is 0 Å². The van der Waals surface area contributed by atoms with E-state index in [1.165, 1.54) is 16.9 Å². The van der Waals surface area contributed by atoms with Crippen LogP contribution in [0.3, 0.4) is 0 Å². The standard InChI is InChI=1S/C9H11N5S/c1-6-2-4-7(5-3-6)11-8-13-14-9(12-10)15-8/h2-5H,10H2,1H3,(H,11,13)(H,12,14). The molecule has 5 nitrogen and oxygen atoms in total. The maximum absolute atomic E-state index is 5.21. The van der Waals surface area contributed by atoms with Crippen molar-refractivity contribution in [1.82, 2.24) is 10.2 Å². The molecule has 0 spiro atoms. The minimum Gasteiger partial charge on any atom is -0.330 e. The molecule has 1 aromatic heterocycles. The van der Waals surface area contributed by atoms with Crippen molar-refractivity contribution in [3.05, 3.63) is 29.8 Å². The van der Waals surface area contributed by atoms with Crippen molar-refractivity contribution in [2.75, 3.05) is 10.7 Å². The Morgan fingerprint density at radius 3 is 2.40 bits per heavy atom. The fourth-order valence-electron chi connectivity index (χ4n) is 1.09. The predicted molar refractivity (Wildman–Crippen MR) is 62.2 cm³/mol.